The summed E-state index contributed by atoms with van der Waals surface area (Å²) in [7, 11) is 0. The van der Waals surface area contributed by atoms with E-state index in [1.54, 1.807) is 11.3 Å². The number of H-pyrrole nitrogens is 1. The van der Waals surface area contributed by atoms with Crippen LogP contribution in [0.25, 0.3) is 10.9 Å². The van der Waals surface area contributed by atoms with Crippen LogP contribution in [0.1, 0.15) is 45.0 Å². The predicted octanol–water partition coefficient (Wildman–Crippen LogP) is 4.37. The van der Waals surface area contributed by atoms with Crippen LogP contribution in [0.15, 0.2) is 18.2 Å². The molecule has 0 radical (unpaired) electrons. The van der Waals surface area contributed by atoms with Crippen molar-refractivity contribution in [1.29, 1.82) is 0 Å². The van der Waals surface area contributed by atoms with Gasteiger partial charge in [-0.1, -0.05) is 0 Å². The van der Waals surface area contributed by atoms with Gasteiger partial charge in [0.2, 0.25) is 0 Å². The minimum atomic E-state index is -0.0868. The summed E-state index contributed by atoms with van der Waals surface area (Å²) >= 11 is 1.62. The number of aryl methyl sites for hydroxylation is 4. The topological polar surface area (TPSA) is 57.8 Å². The molecule has 4 rings (SSSR count). The molecule has 1 amide bonds. The van der Waals surface area contributed by atoms with Gasteiger partial charge in [-0.05, 0) is 63.3 Å². The first-order chi connectivity index (χ1) is 11.1. The van der Waals surface area contributed by atoms with Gasteiger partial charge in [-0.3, -0.25) is 10.1 Å². The third-order valence-corrected chi connectivity index (χ3v) is 5.71. The Morgan fingerprint density at radius 2 is 2.09 bits per heavy atom. The van der Waals surface area contributed by atoms with E-state index in [0.717, 1.165) is 34.6 Å². The molecule has 0 aliphatic heterocycles. The minimum Gasteiger partial charge on any atom is -0.358 e. The molecular weight excluding hydrogens is 306 g/mol. The number of rotatable bonds is 2. The Kier molecular flexibility index (Phi) is 3.45. The highest BCUT2D eigenvalue weighted by Crippen LogP contribution is 2.30. The van der Waals surface area contributed by atoms with Crippen molar-refractivity contribution in [3.8, 4) is 0 Å². The van der Waals surface area contributed by atoms with Crippen LogP contribution in [0.5, 0.6) is 0 Å². The molecular formula is C18H19N3OS. The molecule has 0 bridgehead atoms. The maximum atomic E-state index is 12.5. The second-order valence-corrected chi connectivity index (χ2v) is 7.27. The average Bonchev–Trinajstić information content (AvgIpc) is 3.08. The molecule has 4 nitrogen and oxygen atoms in total. The molecule has 2 heterocycles. The second-order valence-electron chi connectivity index (χ2n) is 6.19. The van der Waals surface area contributed by atoms with Crippen LogP contribution in [0, 0.1) is 13.8 Å². The van der Waals surface area contributed by atoms with Gasteiger partial charge in [-0.15, -0.1) is 11.3 Å². The van der Waals surface area contributed by atoms with Crippen LogP contribution in [0.3, 0.4) is 0 Å². The van der Waals surface area contributed by atoms with E-state index in [1.165, 1.54) is 29.0 Å². The number of nitrogens with zero attached hydrogens (tertiary/aromatic N) is 1. The van der Waals surface area contributed by atoms with Crippen molar-refractivity contribution in [3.05, 3.63) is 45.6 Å². The summed E-state index contributed by atoms with van der Waals surface area (Å²) in [6.07, 6.45) is 4.56. The van der Waals surface area contributed by atoms with Crippen molar-refractivity contribution in [2.45, 2.75) is 39.5 Å². The molecule has 1 aromatic carbocycles. The smallest absolute Gasteiger partial charge is 0.257 e. The standard InChI is InChI=1S/C18H19N3OS/c1-10-11(2)19-14-8-7-12(9-13(10)14)17(22)21-18-20-15-5-3-4-6-16(15)23-18/h7-9,19H,3-6H2,1-2H3,(H,20,21,22). The normalized spacial score (nSPS) is 14.0. The molecule has 0 saturated heterocycles. The van der Waals surface area contributed by atoms with E-state index in [9.17, 15) is 4.79 Å². The molecule has 1 aliphatic carbocycles. The lowest BCUT2D eigenvalue weighted by atomic mass is 10.0. The van der Waals surface area contributed by atoms with Crippen LogP contribution in [-0.4, -0.2) is 15.9 Å². The number of hydrogen-bond acceptors (Lipinski definition) is 3. The third-order valence-electron chi connectivity index (χ3n) is 4.64. The van der Waals surface area contributed by atoms with E-state index in [4.69, 9.17) is 0 Å². The summed E-state index contributed by atoms with van der Waals surface area (Å²) in [5.41, 5.74) is 5.25. The van der Waals surface area contributed by atoms with E-state index in [1.807, 2.05) is 18.2 Å². The maximum absolute atomic E-state index is 12.5. The second kappa shape index (κ2) is 5.49. The molecule has 1 aliphatic rings. The number of fused-ring (bicyclic) bond motifs is 2. The van der Waals surface area contributed by atoms with Crippen molar-refractivity contribution in [1.82, 2.24) is 9.97 Å². The highest BCUT2D eigenvalue weighted by atomic mass is 32.1. The maximum Gasteiger partial charge on any atom is 0.257 e. The molecule has 0 spiro atoms. The van der Waals surface area contributed by atoms with Gasteiger partial charge >= 0.3 is 0 Å². The van der Waals surface area contributed by atoms with Gasteiger partial charge in [0.05, 0.1) is 5.69 Å². The Hall–Kier alpha value is -2.14. The van der Waals surface area contributed by atoms with Crippen molar-refractivity contribution in [2.24, 2.45) is 0 Å². The first-order valence-electron chi connectivity index (χ1n) is 8.00. The fraction of sp³-hybridized carbons (Fsp3) is 0.333. The quantitative estimate of drug-likeness (QED) is 0.735. The zero-order chi connectivity index (χ0) is 16.0. The zero-order valence-electron chi connectivity index (χ0n) is 13.3. The van der Waals surface area contributed by atoms with Crippen molar-refractivity contribution < 1.29 is 4.79 Å². The monoisotopic (exact) mass is 325 g/mol. The number of nitrogens with one attached hydrogen (secondary N) is 2. The van der Waals surface area contributed by atoms with Crippen molar-refractivity contribution >= 4 is 33.3 Å². The number of anilines is 1. The van der Waals surface area contributed by atoms with Crippen molar-refractivity contribution in [2.75, 3.05) is 5.32 Å². The number of benzene rings is 1. The Bertz CT molecular complexity index is 883. The Morgan fingerprint density at radius 1 is 1.26 bits per heavy atom. The lowest BCUT2D eigenvalue weighted by Gasteiger charge is -2.06. The Labute approximate surface area is 138 Å². The van der Waals surface area contributed by atoms with Crippen LogP contribution in [0.2, 0.25) is 0 Å². The van der Waals surface area contributed by atoms with Crippen LogP contribution in [-0.2, 0) is 12.8 Å². The third kappa shape index (κ3) is 2.55. The summed E-state index contributed by atoms with van der Waals surface area (Å²) < 4.78 is 0. The van der Waals surface area contributed by atoms with Gasteiger partial charge in [0.15, 0.2) is 5.13 Å². The van der Waals surface area contributed by atoms with Gasteiger partial charge in [-0.2, -0.15) is 0 Å². The lowest BCUT2D eigenvalue weighted by molar-refractivity contribution is 0.102. The molecule has 2 N–H and O–H groups in total. The van der Waals surface area contributed by atoms with Gasteiger partial charge in [-0.25, -0.2) is 4.98 Å². The number of aromatic nitrogens is 2. The molecule has 5 heteroatoms. The van der Waals surface area contributed by atoms with E-state index in [0.29, 0.717) is 5.56 Å². The van der Waals surface area contributed by atoms with Crippen LogP contribution < -0.4 is 5.32 Å². The summed E-state index contributed by atoms with van der Waals surface area (Å²) in [5, 5.41) is 4.80. The fourth-order valence-corrected chi connectivity index (χ4v) is 4.22. The Morgan fingerprint density at radius 3 is 2.91 bits per heavy atom. The van der Waals surface area contributed by atoms with Crippen LogP contribution >= 0.6 is 11.3 Å². The molecule has 0 fully saturated rings. The fourth-order valence-electron chi connectivity index (χ4n) is 3.18. The zero-order valence-corrected chi connectivity index (χ0v) is 14.1. The number of aromatic amines is 1. The average molecular weight is 325 g/mol. The van der Waals surface area contributed by atoms with E-state index in [2.05, 4.69) is 29.1 Å². The summed E-state index contributed by atoms with van der Waals surface area (Å²) in [6, 6.07) is 5.79. The SMILES string of the molecule is Cc1[nH]c2ccc(C(=O)Nc3nc4c(s3)CCCC4)cc2c1C. The summed E-state index contributed by atoms with van der Waals surface area (Å²) in [5.74, 6) is -0.0868. The van der Waals surface area contributed by atoms with Gasteiger partial charge in [0.25, 0.3) is 5.91 Å². The first-order valence-corrected chi connectivity index (χ1v) is 8.82. The number of carbonyl (C=O) groups is 1. The number of hydrogen-bond donors (Lipinski definition) is 2. The summed E-state index contributed by atoms with van der Waals surface area (Å²) in [4.78, 5) is 21.8. The van der Waals surface area contributed by atoms with Crippen molar-refractivity contribution in [3.63, 3.8) is 0 Å². The van der Waals surface area contributed by atoms with Crippen LogP contribution in [0.4, 0.5) is 5.13 Å². The highest BCUT2D eigenvalue weighted by molar-refractivity contribution is 7.15. The predicted molar refractivity (Wildman–Crippen MR) is 94.5 cm³/mol. The van der Waals surface area contributed by atoms with E-state index >= 15 is 0 Å². The van der Waals surface area contributed by atoms with E-state index < -0.39 is 0 Å². The number of amides is 1. The number of thiazole rings is 1. The summed E-state index contributed by atoms with van der Waals surface area (Å²) in [6.45, 7) is 4.12. The molecule has 118 valence electrons. The van der Waals surface area contributed by atoms with Gasteiger partial charge < -0.3 is 4.98 Å². The van der Waals surface area contributed by atoms with Gasteiger partial charge in [0.1, 0.15) is 0 Å². The molecule has 0 saturated carbocycles. The molecule has 0 unspecified atom stereocenters. The molecule has 2 aromatic heterocycles. The minimum absolute atomic E-state index is 0.0868. The lowest BCUT2D eigenvalue weighted by Crippen LogP contribution is -2.11. The molecule has 3 aromatic rings. The van der Waals surface area contributed by atoms with E-state index in [-0.39, 0.29) is 5.91 Å². The first kappa shape index (κ1) is 14.5. The number of carbonyl (C=O) groups excluding carboxylic acids is 1. The largest absolute Gasteiger partial charge is 0.358 e. The molecule has 23 heavy (non-hydrogen) atoms. The molecule has 0 atom stereocenters. The highest BCUT2D eigenvalue weighted by Gasteiger charge is 2.17. The van der Waals surface area contributed by atoms with Gasteiger partial charge in [0, 0.05) is 27.0 Å². The Balaban J connectivity index is 1.61.